The number of nitrogen functional groups attached to an aromatic ring is 1. The van der Waals surface area contributed by atoms with Crippen LogP contribution in [0.2, 0.25) is 5.02 Å². The molecule has 0 fully saturated rings. The molecule has 0 saturated heterocycles. The van der Waals surface area contributed by atoms with E-state index in [0.717, 1.165) is 16.5 Å². The molecule has 0 saturated carbocycles. The quantitative estimate of drug-likeness (QED) is 0.548. The van der Waals surface area contributed by atoms with E-state index in [1.807, 2.05) is 29.7 Å². The van der Waals surface area contributed by atoms with Gasteiger partial charge in [0.2, 0.25) is 0 Å². The molecule has 3 heterocycles. The highest BCUT2D eigenvalue weighted by Crippen LogP contribution is 2.27. The summed E-state index contributed by atoms with van der Waals surface area (Å²) in [7, 11) is 0. The Bertz CT molecular complexity index is 1110. The maximum absolute atomic E-state index is 12.0. The van der Waals surface area contributed by atoms with Gasteiger partial charge in [-0.3, -0.25) is 4.79 Å². The fraction of sp³-hybridized carbons (Fsp3) is 0.176. The number of ketones is 1. The first-order valence-corrected chi connectivity index (χ1v) is 8.20. The number of Topliss-reactive ketones (excluding diaryl/α,β-unsaturated/α-hetero) is 1. The van der Waals surface area contributed by atoms with Crippen LogP contribution in [0.15, 0.2) is 30.9 Å². The van der Waals surface area contributed by atoms with E-state index in [-0.39, 0.29) is 5.78 Å². The summed E-state index contributed by atoms with van der Waals surface area (Å²) in [6.45, 7) is 2.33. The lowest BCUT2D eigenvalue weighted by atomic mass is 10.1. The zero-order valence-corrected chi connectivity index (χ0v) is 14.2. The maximum atomic E-state index is 12.0. The molecule has 4 rings (SSSR count). The van der Waals surface area contributed by atoms with Crippen molar-refractivity contribution in [1.29, 1.82) is 0 Å². The summed E-state index contributed by atoms with van der Waals surface area (Å²) in [5, 5.41) is 1.51. The Morgan fingerprint density at radius 2 is 2.12 bits per heavy atom. The summed E-state index contributed by atoms with van der Waals surface area (Å²) >= 11 is 6.26. The molecule has 126 valence electrons. The lowest BCUT2D eigenvalue weighted by Crippen LogP contribution is -2.02. The lowest BCUT2D eigenvalue weighted by Gasteiger charge is -2.07. The number of hydrogen-bond donors (Lipinski definition) is 2. The third kappa shape index (κ3) is 2.62. The van der Waals surface area contributed by atoms with Crippen LogP contribution in [0.4, 0.5) is 5.82 Å². The number of nitrogens with zero attached hydrogens (tertiary/aromatic N) is 4. The van der Waals surface area contributed by atoms with Crippen LogP contribution in [0.5, 0.6) is 0 Å². The van der Waals surface area contributed by atoms with E-state index in [1.165, 1.54) is 6.33 Å². The van der Waals surface area contributed by atoms with Crippen molar-refractivity contribution in [2.75, 3.05) is 5.73 Å². The zero-order chi connectivity index (χ0) is 17.6. The molecule has 8 heteroatoms. The van der Waals surface area contributed by atoms with E-state index >= 15 is 0 Å². The minimum atomic E-state index is 0.0619. The molecule has 4 aromatic rings. The molecule has 0 unspecified atom stereocenters. The van der Waals surface area contributed by atoms with E-state index < -0.39 is 0 Å². The van der Waals surface area contributed by atoms with Crippen molar-refractivity contribution in [2.45, 2.75) is 19.9 Å². The van der Waals surface area contributed by atoms with Crippen molar-refractivity contribution in [1.82, 2.24) is 24.5 Å². The highest BCUT2D eigenvalue weighted by molar-refractivity contribution is 6.31. The number of H-pyrrole nitrogens is 1. The Labute approximate surface area is 147 Å². The number of fused-ring (bicyclic) bond motifs is 2. The fourth-order valence-electron chi connectivity index (χ4n) is 2.94. The monoisotopic (exact) mass is 354 g/mol. The van der Waals surface area contributed by atoms with Crippen LogP contribution in [-0.4, -0.2) is 30.3 Å². The van der Waals surface area contributed by atoms with Gasteiger partial charge in [-0.05, 0) is 23.8 Å². The molecule has 3 aromatic heterocycles. The highest BCUT2D eigenvalue weighted by Gasteiger charge is 2.14. The van der Waals surface area contributed by atoms with Crippen LogP contribution >= 0.6 is 11.6 Å². The zero-order valence-electron chi connectivity index (χ0n) is 13.5. The maximum Gasteiger partial charge on any atom is 0.178 e. The normalized spacial score (nSPS) is 11.4. The number of imidazole rings is 1. The molecule has 25 heavy (non-hydrogen) atoms. The molecule has 0 spiro atoms. The molecule has 3 N–H and O–H groups in total. The van der Waals surface area contributed by atoms with Crippen molar-refractivity contribution in [3.05, 3.63) is 47.1 Å². The standard InChI is InChI=1S/C17H15ClN6O/c1-2-13(25)12-5-9-3-11(18)4-10(14(9)23-12)6-24-8-22-15-16(19)20-7-21-17(15)24/h3-5,7-8,23H,2,6H2,1H3,(H2,19,20,21). The Morgan fingerprint density at radius 1 is 1.28 bits per heavy atom. The van der Waals surface area contributed by atoms with Crippen LogP contribution in [-0.2, 0) is 6.54 Å². The molecule has 0 bridgehead atoms. The van der Waals surface area contributed by atoms with Gasteiger partial charge < -0.3 is 15.3 Å². The summed E-state index contributed by atoms with van der Waals surface area (Å²) in [6, 6.07) is 5.55. The summed E-state index contributed by atoms with van der Waals surface area (Å²) in [5.74, 6) is 0.405. The van der Waals surface area contributed by atoms with Crippen LogP contribution in [0.25, 0.3) is 22.1 Å². The summed E-state index contributed by atoms with van der Waals surface area (Å²) < 4.78 is 1.88. The molecule has 0 amide bonds. The third-order valence-electron chi connectivity index (χ3n) is 4.17. The van der Waals surface area contributed by atoms with Crippen LogP contribution in [0.1, 0.15) is 29.4 Å². The number of carbonyl (C=O) groups excluding carboxylic acids is 1. The van der Waals surface area contributed by atoms with E-state index in [9.17, 15) is 4.79 Å². The van der Waals surface area contributed by atoms with Crippen LogP contribution < -0.4 is 5.73 Å². The first kappa shape index (κ1) is 15.6. The van der Waals surface area contributed by atoms with Gasteiger partial charge in [0, 0.05) is 16.8 Å². The first-order valence-electron chi connectivity index (χ1n) is 7.82. The number of benzene rings is 1. The lowest BCUT2D eigenvalue weighted by molar-refractivity contribution is 0.0984. The Hall–Kier alpha value is -2.93. The van der Waals surface area contributed by atoms with Crippen molar-refractivity contribution in [3.63, 3.8) is 0 Å². The van der Waals surface area contributed by atoms with Gasteiger partial charge in [-0.25, -0.2) is 15.0 Å². The molecular weight excluding hydrogens is 340 g/mol. The summed E-state index contributed by atoms with van der Waals surface area (Å²) in [6.07, 6.45) is 3.53. The van der Waals surface area contributed by atoms with Gasteiger partial charge in [0.15, 0.2) is 17.2 Å². The van der Waals surface area contributed by atoms with E-state index in [4.69, 9.17) is 17.3 Å². The van der Waals surface area contributed by atoms with Crippen LogP contribution in [0, 0.1) is 0 Å². The molecule has 7 nitrogen and oxygen atoms in total. The Kier molecular flexibility index (Phi) is 3.65. The Balaban J connectivity index is 1.84. The van der Waals surface area contributed by atoms with Gasteiger partial charge in [0.1, 0.15) is 11.8 Å². The van der Waals surface area contributed by atoms with Crippen molar-refractivity contribution >= 4 is 45.3 Å². The predicted molar refractivity (Wildman–Crippen MR) is 96.8 cm³/mol. The largest absolute Gasteiger partial charge is 0.382 e. The number of anilines is 1. The number of rotatable bonds is 4. The van der Waals surface area contributed by atoms with Gasteiger partial charge in [0.05, 0.1) is 24.1 Å². The van der Waals surface area contributed by atoms with Crippen molar-refractivity contribution < 1.29 is 4.79 Å². The fourth-order valence-corrected chi connectivity index (χ4v) is 3.19. The topological polar surface area (TPSA) is 102 Å². The smallest absolute Gasteiger partial charge is 0.178 e. The number of nitrogens with two attached hydrogens (primary N) is 1. The Morgan fingerprint density at radius 3 is 2.92 bits per heavy atom. The minimum absolute atomic E-state index is 0.0619. The first-order chi connectivity index (χ1) is 12.1. The highest BCUT2D eigenvalue weighted by atomic mass is 35.5. The van der Waals surface area contributed by atoms with E-state index in [0.29, 0.717) is 40.7 Å². The molecule has 0 radical (unpaired) electrons. The van der Waals surface area contributed by atoms with Crippen LogP contribution in [0.3, 0.4) is 0 Å². The molecule has 0 aliphatic heterocycles. The number of aromatic amines is 1. The van der Waals surface area contributed by atoms with Crippen molar-refractivity contribution in [2.24, 2.45) is 0 Å². The van der Waals surface area contributed by atoms with Crippen molar-refractivity contribution in [3.8, 4) is 0 Å². The van der Waals surface area contributed by atoms with Gasteiger partial charge >= 0.3 is 0 Å². The minimum Gasteiger partial charge on any atom is -0.382 e. The molecule has 1 aromatic carbocycles. The molecule has 0 atom stereocenters. The molecular formula is C17H15ClN6O. The van der Waals surface area contributed by atoms with E-state index in [2.05, 4.69) is 19.9 Å². The van der Waals surface area contributed by atoms with Gasteiger partial charge in [-0.15, -0.1) is 0 Å². The second-order valence-corrected chi connectivity index (χ2v) is 6.23. The molecule has 0 aliphatic rings. The number of carbonyl (C=O) groups is 1. The number of halogens is 1. The predicted octanol–water partition coefficient (Wildman–Crippen LogP) is 3.18. The summed E-state index contributed by atoms with van der Waals surface area (Å²) in [5.41, 5.74) is 9.46. The number of aromatic nitrogens is 5. The van der Waals surface area contributed by atoms with Gasteiger partial charge in [0.25, 0.3) is 0 Å². The van der Waals surface area contributed by atoms with Gasteiger partial charge in [-0.1, -0.05) is 18.5 Å². The average molecular weight is 355 g/mol. The SMILES string of the molecule is CCC(=O)c1cc2cc(Cl)cc(Cn3cnc4c(N)ncnc43)c2[nH]1. The second-order valence-electron chi connectivity index (χ2n) is 5.79. The second kappa shape index (κ2) is 5.86. The van der Waals surface area contributed by atoms with Gasteiger partial charge in [-0.2, -0.15) is 0 Å². The third-order valence-corrected chi connectivity index (χ3v) is 4.38. The average Bonchev–Trinajstić information content (AvgIpc) is 3.19. The number of hydrogen-bond acceptors (Lipinski definition) is 5. The molecule has 0 aliphatic carbocycles. The number of nitrogens with one attached hydrogen (secondary N) is 1. The van der Waals surface area contributed by atoms with E-state index in [1.54, 1.807) is 6.33 Å². The summed E-state index contributed by atoms with van der Waals surface area (Å²) in [4.78, 5) is 27.7.